The molecule has 0 atom stereocenters. The SMILES string of the molecule is O=C(O)c1c(COc2ccccc2F)oc2ccccc12. The second-order valence-electron chi connectivity index (χ2n) is 4.42. The monoisotopic (exact) mass is 286 g/mol. The van der Waals surface area contributed by atoms with Crippen LogP contribution in [-0.4, -0.2) is 11.1 Å². The normalized spacial score (nSPS) is 10.7. The first kappa shape index (κ1) is 13.2. The lowest BCUT2D eigenvalue weighted by atomic mass is 10.1. The van der Waals surface area contributed by atoms with Crippen LogP contribution in [-0.2, 0) is 6.61 Å². The van der Waals surface area contributed by atoms with Gasteiger partial charge in [-0.05, 0) is 18.2 Å². The van der Waals surface area contributed by atoms with Crippen LogP contribution in [0.25, 0.3) is 11.0 Å². The Balaban J connectivity index is 1.95. The summed E-state index contributed by atoms with van der Waals surface area (Å²) < 4.78 is 24.3. The highest BCUT2D eigenvalue weighted by atomic mass is 19.1. The summed E-state index contributed by atoms with van der Waals surface area (Å²) in [6, 6.07) is 12.7. The largest absolute Gasteiger partial charge is 0.483 e. The predicted molar refractivity (Wildman–Crippen MR) is 73.9 cm³/mol. The molecule has 0 radical (unpaired) electrons. The Hall–Kier alpha value is -2.82. The Bertz CT molecular complexity index is 807. The molecule has 3 rings (SSSR count). The summed E-state index contributed by atoms with van der Waals surface area (Å²) in [5.74, 6) is -1.40. The molecule has 21 heavy (non-hydrogen) atoms. The lowest BCUT2D eigenvalue weighted by molar-refractivity contribution is 0.0693. The topological polar surface area (TPSA) is 59.7 Å². The Morgan fingerprint density at radius 3 is 2.62 bits per heavy atom. The number of halogens is 1. The molecule has 2 aromatic carbocycles. The quantitative estimate of drug-likeness (QED) is 0.791. The third-order valence-electron chi connectivity index (χ3n) is 3.08. The van der Waals surface area contributed by atoms with E-state index in [1.165, 1.54) is 12.1 Å². The van der Waals surface area contributed by atoms with Gasteiger partial charge in [0.15, 0.2) is 17.3 Å². The van der Waals surface area contributed by atoms with Gasteiger partial charge < -0.3 is 14.3 Å². The average Bonchev–Trinajstić information content (AvgIpc) is 2.85. The molecule has 1 aromatic heterocycles. The number of carboxylic acids is 1. The van der Waals surface area contributed by atoms with Crippen molar-refractivity contribution >= 4 is 16.9 Å². The second-order valence-corrected chi connectivity index (χ2v) is 4.42. The number of fused-ring (bicyclic) bond motifs is 1. The van der Waals surface area contributed by atoms with E-state index in [1.54, 1.807) is 36.4 Å². The number of benzene rings is 2. The summed E-state index contributed by atoms with van der Waals surface area (Å²) in [4.78, 5) is 11.4. The maximum absolute atomic E-state index is 13.5. The summed E-state index contributed by atoms with van der Waals surface area (Å²) in [7, 11) is 0. The number of hydrogen-bond donors (Lipinski definition) is 1. The molecule has 0 aliphatic carbocycles. The minimum atomic E-state index is -1.10. The molecule has 0 spiro atoms. The van der Waals surface area contributed by atoms with Crippen LogP contribution in [0.3, 0.4) is 0 Å². The fraction of sp³-hybridized carbons (Fsp3) is 0.0625. The highest BCUT2D eigenvalue weighted by molar-refractivity contribution is 6.03. The Kier molecular flexibility index (Phi) is 3.31. The average molecular weight is 286 g/mol. The van der Waals surface area contributed by atoms with Crippen molar-refractivity contribution in [1.29, 1.82) is 0 Å². The molecule has 0 aliphatic heterocycles. The number of rotatable bonds is 4. The minimum Gasteiger partial charge on any atom is -0.483 e. The van der Waals surface area contributed by atoms with Gasteiger partial charge in [-0.1, -0.05) is 30.3 Å². The molecule has 0 bridgehead atoms. The molecule has 0 aliphatic rings. The van der Waals surface area contributed by atoms with Gasteiger partial charge in [0.05, 0.1) is 0 Å². The molecule has 0 amide bonds. The summed E-state index contributed by atoms with van der Waals surface area (Å²) in [5, 5.41) is 9.81. The number of ether oxygens (including phenoxy) is 1. The van der Waals surface area contributed by atoms with Crippen LogP contribution >= 0.6 is 0 Å². The van der Waals surface area contributed by atoms with Crippen molar-refractivity contribution in [1.82, 2.24) is 0 Å². The smallest absolute Gasteiger partial charge is 0.340 e. The van der Waals surface area contributed by atoms with Crippen LogP contribution in [0.4, 0.5) is 4.39 Å². The van der Waals surface area contributed by atoms with Crippen LogP contribution in [0.15, 0.2) is 52.9 Å². The van der Waals surface area contributed by atoms with Gasteiger partial charge >= 0.3 is 5.97 Å². The van der Waals surface area contributed by atoms with Crippen molar-refractivity contribution < 1.29 is 23.4 Å². The second kappa shape index (κ2) is 5.28. The molecular formula is C16H11FO4. The first-order chi connectivity index (χ1) is 10.2. The molecule has 3 aromatic rings. The highest BCUT2D eigenvalue weighted by Crippen LogP contribution is 2.27. The van der Waals surface area contributed by atoms with E-state index in [0.29, 0.717) is 11.0 Å². The molecule has 1 heterocycles. The highest BCUT2D eigenvalue weighted by Gasteiger charge is 2.20. The van der Waals surface area contributed by atoms with Gasteiger partial charge in [0.2, 0.25) is 0 Å². The van der Waals surface area contributed by atoms with E-state index < -0.39 is 11.8 Å². The number of furan rings is 1. The third-order valence-corrected chi connectivity index (χ3v) is 3.08. The van der Waals surface area contributed by atoms with Crippen LogP contribution in [0.1, 0.15) is 16.1 Å². The summed E-state index contributed by atoms with van der Waals surface area (Å²) in [5.41, 5.74) is 0.504. The lowest BCUT2D eigenvalue weighted by Gasteiger charge is -2.05. The maximum Gasteiger partial charge on any atom is 0.340 e. The zero-order chi connectivity index (χ0) is 14.8. The summed E-state index contributed by atoms with van der Waals surface area (Å²) in [6.07, 6.45) is 0. The summed E-state index contributed by atoms with van der Waals surface area (Å²) >= 11 is 0. The van der Waals surface area contributed by atoms with Gasteiger partial charge in [0, 0.05) is 5.39 Å². The number of para-hydroxylation sites is 2. The number of carboxylic acid groups (broad SMARTS) is 1. The number of carbonyl (C=O) groups is 1. The van der Waals surface area contributed by atoms with E-state index in [-0.39, 0.29) is 23.7 Å². The van der Waals surface area contributed by atoms with Crippen LogP contribution in [0, 0.1) is 5.82 Å². The first-order valence-electron chi connectivity index (χ1n) is 6.28. The first-order valence-corrected chi connectivity index (χ1v) is 6.28. The van der Waals surface area contributed by atoms with Gasteiger partial charge in [0.25, 0.3) is 0 Å². The molecule has 106 valence electrons. The van der Waals surface area contributed by atoms with E-state index in [1.807, 2.05) is 0 Å². The number of hydrogen-bond acceptors (Lipinski definition) is 3. The van der Waals surface area contributed by atoms with Crippen LogP contribution in [0.5, 0.6) is 5.75 Å². The molecule has 0 unspecified atom stereocenters. The van der Waals surface area contributed by atoms with Gasteiger partial charge in [0.1, 0.15) is 17.8 Å². The van der Waals surface area contributed by atoms with Crippen molar-refractivity contribution in [3.63, 3.8) is 0 Å². The summed E-state index contributed by atoms with van der Waals surface area (Å²) in [6.45, 7) is -0.156. The molecular weight excluding hydrogens is 275 g/mol. The molecule has 1 N–H and O–H groups in total. The minimum absolute atomic E-state index is 0.0435. The van der Waals surface area contributed by atoms with E-state index >= 15 is 0 Å². The molecule has 0 saturated heterocycles. The van der Waals surface area contributed by atoms with Gasteiger partial charge in [-0.15, -0.1) is 0 Å². The number of aromatic carboxylic acids is 1. The third kappa shape index (κ3) is 2.45. The fourth-order valence-electron chi connectivity index (χ4n) is 2.14. The van der Waals surface area contributed by atoms with Crippen LogP contribution in [0.2, 0.25) is 0 Å². The lowest BCUT2D eigenvalue weighted by Crippen LogP contribution is -2.03. The Morgan fingerprint density at radius 2 is 1.86 bits per heavy atom. The van der Waals surface area contributed by atoms with E-state index in [9.17, 15) is 14.3 Å². The van der Waals surface area contributed by atoms with Crippen molar-refractivity contribution in [3.05, 3.63) is 65.7 Å². The Morgan fingerprint density at radius 1 is 1.14 bits per heavy atom. The van der Waals surface area contributed by atoms with Crippen LogP contribution < -0.4 is 4.74 Å². The zero-order valence-corrected chi connectivity index (χ0v) is 10.9. The van der Waals surface area contributed by atoms with Gasteiger partial charge in [-0.2, -0.15) is 0 Å². The molecule has 0 fully saturated rings. The van der Waals surface area contributed by atoms with E-state index in [2.05, 4.69) is 0 Å². The van der Waals surface area contributed by atoms with Crippen molar-refractivity contribution in [2.75, 3.05) is 0 Å². The van der Waals surface area contributed by atoms with E-state index in [4.69, 9.17) is 9.15 Å². The molecule has 5 heteroatoms. The molecule has 0 saturated carbocycles. The van der Waals surface area contributed by atoms with Gasteiger partial charge in [-0.3, -0.25) is 0 Å². The Labute approximate surface area is 119 Å². The van der Waals surface area contributed by atoms with Crippen molar-refractivity contribution in [2.24, 2.45) is 0 Å². The zero-order valence-electron chi connectivity index (χ0n) is 10.9. The van der Waals surface area contributed by atoms with E-state index in [0.717, 1.165) is 0 Å². The molecule has 4 nitrogen and oxygen atoms in total. The predicted octanol–water partition coefficient (Wildman–Crippen LogP) is 3.85. The van der Waals surface area contributed by atoms with Crippen molar-refractivity contribution in [3.8, 4) is 5.75 Å². The fourth-order valence-corrected chi connectivity index (χ4v) is 2.14. The maximum atomic E-state index is 13.5. The van der Waals surface area contributed by atoms with Crippen molar-refractivity contribution in [2.45, 2.75) is 6.61 Å². The standard InChI is InChI=1S/C16H11FO4/c17-11-6-2-4-8-13(11)20-9-14-15(16(18)19)10-5-1-3-7-12(10)21-14/h1-8H,9H2,(H,18,19). The van der Waals surface area contributed by atoms with Gasteiger partial charge in [-0.25, -0.2) is 9.18 Å².